The molecule has 1 N–H and O–H groups in total. The molecule has 4 heteroatoms. The van der Waals surface area contributed by atoms with Gasteiger partial charge < -0.3 is 10.2 Å². The van der Waals surface area contributed by atoms with Gasteiger partial charge >= 0.3 is 0 Å². The predicted molar refractivity (Wildman–Crippen MR) is 63.1 cm³/mol. The van der Waals surface area contributed by atoms with Gasteiger partial charge in [0.25, 0.3) is 0 Å². The third kappa shape index (κ3) is 2.32. The van der Waals surface area contributed by atoms with Crippen molar-refractivity contribution in [1.29, 1.82) is 0 Å². The van der Waals surface area contributed by atoms with Gasteiger partial charge in [0.15, 0.2) is 11.6 Å². The summed E-state index contributed by atoms with van der Waals surface area (Å²) in [7, 11) is 0. The summed E-state index contributed by atoms with van der Waals surface area (Å²) in [5, 5.41) is 3.31. The molecule has 3 nitrogen and oxygen atoms in total. The van der Waals surface area contributed by atoms with Crippen LogP contribution in [0.4, 0.5) is 10.2 Å². The standard InChI is InChI=1S/C12H18FN3/c1-2-8-16(10-5-7-14-9-10)12-11(13)4-3-6-15-12/h3-4,6,10,14H,2,5,7-9H2,1H3. The fraction of sp³-hybridized carbons (Fsp3) is 0.583. The van der Waals surface area contributed by atoms with E-state index in [2.05, 4.69) is 22.1 Å². The molecule has 0 spiro atoms. The fourth-order valence-corrected chi connectivity index (χ4v) is 2.20. The molecule has 1 atom stereocenters. The number of halogens is 1. The fourth-order valence-electron chi connectivity index (χ4n) is 2.20. The molecular formula is C12H18FN3. The Hall–Kier alpha value is -1.16. The van der Waals surface area contributed by atoms with Crippen molar-refractivity contribution in [1.82, 2.24) is 10.3 Å². The lowest BCUT2D eigenvalue weighted by atomic mass is 10.2. The van der Waals surface area contributed by atoms with Gasteiger partial charge in [0.2, 0.25) is 0 Å². The molecule has 1 unspecified atom stereocenters. The van der Waals surface area contributed by atoms with Gasteiger partial charge in [-0.3, -0.25) is 0 Å². The lowest BCUT2D eigenvalue weighted by Gasteiger charge is -2.29. The van der Waals surface area contributed by atoms with Crippen molar-refractivity contribution in [3.05, 3.63) is 24.1 Å². The van der Waals surface area contributed by atoms with Crippen LogP contribution >= 0.6 is 0 Å². The SMILES string of the molecule is CCCN(c1ncccc1F)C1CCNC1. The number of nitrogens with one attached hydrogen (secondary N) is 1. The third-order valence-corrected chi connectivity index (χ3v) is 2.95. The smallest absolute Gasteiger partial charge is 0.165 e. The molecule has 2 rings (SSSR count). The third-order valence-electron chi connectivity index (χ3n) is 2.95. The lowest BCUT2D eigenvalue weighted by Crippen LogP contribution is -2.38. The van der Waals surface area contributed by atoms with Crippen molar-refractivity contribution in [3.63, 3.8) is 0 Å². The van der Waals surface area contributed by atoms with E-state index in [4.69, 9.17) is 0 Å². The molecule has 1 saturated heterocycles. The molecule has 0 bridgehead atoms. The predicted octanol–water partition coefficient (Wildman–Crippen LogP) is 1.80. The first kappa shape index (κ1) is 11.3. The molecule has 1 aliphatic heterocycles. The van der Waals surface area contributed by atoms with Crippen molar-refractivity contribution in [2.45, 2.75) is 25.8 Å². The molecule has 16 heavy (non-hydrogen) atoms. The second-order valence-corrected chi connectivity index (χ2v) is 4.15. The first-order chi connectivity index (χ1) is 7.83. The second kappa shape index (κ2) is 5.25. The summed E-state index contributed by atoms with van der Waals surface area (Å²) in [6.07, 6.45) is 3.73. The van der Waals surface area contributed by atoms with Crippen LogP contribution in [0, 0.1) is 5.82 Å². The number of rotatable bonds is 4. The first-order valence-corrected chi connectivity index (χ1v) is 5.90. The van der Waals surface area contributed by atoms with E-state index < -0.39 is 0 Å². The molecule has 0 aromatic carbocycles. The topological polar surface area (TPSA) is 28.2 Å². The molecule has 1 fully saturated rings. The van der Waals surface area contributed by atoms with Crippen molar-refractivity contribution < 1.29 is 4.39 Å². The van der Waals surface area contributed by atoms with Crippen molar-refractivity contribution in [2.24, 2.45) is 0 Å². The van der Waals surface area contributed by atoms with E-state index in [-0.39, 0.29) is 5.82 Å². The minimum Gasteiger partial charge on any atom is -0.350 e. The zero-order chi connectivity index (χ0) is 11.4. The van der Waals surface area contributed by atoms with Gasteiger partial charge in [-0.2, -0.15) is 0 Å². The molecular weight excluding hydrogens is 205 g/mol. The van der Waals surface area contributed by atoms with E-state index in [1.165, 1.54) is 6.07 Å². The van der Waals surface area contributed by atoms with Crippen LogP contribution in [0.1, 0.15) is 19.8 Å². The normalized spacial score (nSPS) is 20.0. The van der Waals surface area contributed by atoms with Crippen molar-refractivity contribution >= 4 is 5.82 Å². The maximum atomic E-state index is 13.7. The zero-order valence-corrected chi connectivity index (χ0v) is 9.62. The summed E-state index contributed by atoms with van der Waals surface area (Å²) in [4.78, 5) is 6.26. The maximum Gasteiger partial charge on any atom is 0.165 e. The molecule has 1 aromatic rings. The summed E-state index contributed by atoms with van der Waals surface area (Å²) >= 11 is 0. The average Bonchev–Trinajstić information content (AvgIpc) is 2.80. The van der Waals surface area contributed by atoms with E-state index in [9.17, 15) is 4.39 Å². The molecule has 0 amide bonds. The molecule has 2 heterocycles. The van der Waals surface area contributed by atoms with Crippen LogP contribution in [0.25, 0.3) is 0 Å². The summed E-state index contributed by atoms with van der Waals surface area (Å²) in [6.45, 7) is 4.91. The molecule has 0 saturated carbocycles. The van der Waals surface area contributed by atoms with Crippen molar-refractivity contribution in [2.75, 3.05) is 24.5 Å². The van der Waals surface area contributed by atoms with Crippen LogP contribution in [0.2, 0.25) is 0 Å². The number of hydrogen-bond donors (Lipinski definition) is 1. The Morgan fingerprint density at radius 2 is 2.50 bits per heavy atom. The Balaban J connectivity index is 2.21. The molecule has 88 valence electrons. The van der Waals surface area contributed by atoms with Gasteiger partial charge in [0.05, 0.1) is 0 Å². The molecule has 1 aliphatic rings. The van der Waals surface area contributed by atoms with E-state index in [1.807, 2.05) is 0 Å². The summed E-state index contributed by atoms with van der Waals surface area (Å²) in [6, 6.07) is 3.49. The van der Waals surface area contributed by atoms with Gasteiger partial charge in [-0.1, -0.05) is 6.92 Å². The number of aromatic nitrogens is 1. The van der Waals surface area contributed by atoms with Crippen LogP contribution in [-0.4, -0.2) is 30.7 Å². The number of hydrogen-bond acceptors (Lipinski definition) is 3. The minimum atomic E-state index is -0.220. The maximum absolute atomic E-state index is 13.7. The molecule has 0 aliphatic carbocycles. The monoisotopic (exact) mass is 223 g/mol. The van der Waals surface area contributed by atoms with Gasteiger partial charge in [0.1, 0.15) is 0 Å². The van der Waals surface area contributed by atoms with E-state index in [0.717, 1.165) is 32.5 Å². The Morgan fingerprint density at radius 3 is 3.12 bits per heavy atom. The van der Waals surface area contributed by atoms with Crippen LogP contribution in [0.5, 0.6) is 0 Å². The largest absolute Gasteiger partial charge is 0.350 e. The Morgan fingerprint density at radius 1 is 1.62 bits per heavy atom. The Kier molecular flexibility index (Phi) is 3.72. The van der Waals surface area contributed by atoms with Crippen LogP contribution in [-0.2, 0) is 0 Å². The van der Waals surface area contributed by atoms with E-state index in [0.29, 0.717) is 11.9 Å². The molecule has 1 aromatic heterocycles. The first-order valence-electron chi connectivity index (χ1n) is 5.90. The highest BCUT2D eigenvalue weighted by atomic mass is 19.1. The second-order valence-electron chi connectivity index (χ2n) is 4.15. The summed E-state index contributed by atoms with van der Waals surface area (Å²) in [5.41, 5.74) is 0. The van der Waals surface area contributed by atoms with Crippen LogP contribution < -0.4 is 10.2 Å². The highest BCUT2D eigenvalue weighted by Crippen LogP contribution is 2.21. The number of anilines is 1. The van der Waals surface area contributed by atoms with Gasteiger partial charge in [-0.05, 0) is 31.5 Å². The Labute approximate surface area is 95.7 Å². The number of nitrogens with zero attached hydrogens (tertiary/aromatic N) is 2. The van der Waals surface area contributed by atoms with Crippen LogP contribution in [0.3, 0.4) is 0 Å². The highest BCUT2D eigenvalue weighted by Gasteiger charge is 2.24. The zero-order valence-electron chi connectivity index (χ0n) is 9.62. The summed E-state index contributed by atoms with van der Waals surface area (Å²) < 4.78 is 13.7. The number of pyridine rings is 1. The highest BCUT2D eigenvalue weighted by molar-refractivity contribution is 5.41. The minimum absolute atomic E-state index is 0.220. The quantitative estimate of drug-likeness (QED) is 0.843. The summed E-state index contributed by atoms with van der Waals surface area (Å²) in [5.74, 6) is 0.279. The van der Waals surface area contributed by atoms with E-state index >= 15 is 0 Å². The Bertz CT molecular complexity index is 337. The van der Waals surface area contributed by atoms with Crippen LogP contribution in [0.15, 0.2) is 18.3 Å². The van der Waals surface area contributed by atoms with E-state index in [1.54, 1.807) is 12.3 Å². The average molecular weight is 223 g/mol. The van der Waals surface area contributed by atoms with Gasteiger partial charge in [-0.25, -0.2) is 9.37 Å². The van der Waals surface area contributed by atoms with Gasteiger partial charge in [-0.15, -0.1) is 0 Å². The lowest BCUT2D eigenvalue weighted by molar-refractivity contribution is 0.570. The molecule has 0 radical (unpaired) electrons. The van der Waals surface area contributed by atoms with Crippen molar-refractivity contribution in [3.8, 4) is 0 Å². The van der Waals surface area contributed by atoms with Gasteiger partial charge in [0, 0.05) is 25.3 Å².